The Morgan fingerprint density at radius 1 is 1.62 bits per heavy atom. The van der Waals surface area contributed by atoms with Crippen molar-refractivity contribution in [2.45, 2.75) is 20.5 Å². The second-order valence-corrected chi connectivity index (χ2v) is 2.66. The molecule has 1 aliphatic heterocycles. The summed E-state index contributed by atoms with van der Waals surface area (Å²) in [4.78, 5) is 4.54. The van der Waals surface area contributed by atoms with Gasteiger partial charge in [-0.25, -0.2) is 4.98 Å². The summed E-state index contributed by atoms with van der Waals surface area (Å²) in [5.74, 6) is 0.547. The highest BCUT2D eigenvalue weighted by Crippen LogP contribution is 2.14. The molecule has 0 bridgehead atoms. The van der Waals surface area contributed by atoms with Gasteiger partial charge in [0.25, 0.3) is 0 Å². The van der Waals surface area contributed by atoms with Gasteiger partial charge in [0.15, 0.2) is 4.99 Å². The molecular weight excluding hydrogens is 184 g/mol. The molecule has 0 atom stereocenters. The zero-order valence-corrected chi connectivity index (χ0v) is 8.60. The minimum atomic E-state index is 0.513. The normalized spacial score (nSPS) is 14.0. The Labute approximate surface area is 83.0 Å². The number of aromatic nitrogens is 2. The molecule has 0 N–H and O–H groups in total. The smallest absolute Gasteiger partial charge is 0.153 e. The number of nitrogens with zero attached hydrogens (tertiary/aromatic N) is 2. The molecule has 13 heavy (non-hydrogen) atoms. The van der Waals surface area contributed by atoms with Crippen molar-refractivity contribution in [1.82, 2.24) is 9.55 Å². The van der Waals surface area contributed by atoms with Crippen LogP contribution in [-0.4, -0.2) is 14.5 Å². The van der Waals surface area contributed by atoms with Crippen molar-refractivity contribution >= 4 is 17.2 Å². The van der Waals surface area contributed by atoms with Gasteiger partial charge in [0.1, 0.15) is 18.7 Å². The van der Waals surface area contributed by atoms with Crippen LogP contribution in [0.25, 0.3) is 0 Å². The fourth-order valence-corrected chi connectivity index (χ4v) is 1.19. The standard InChI is InChI=1S/C7H6N2OS.C2H6/c1-5-7(11)9-4-8-2-6(9)3-10-5;1-2/h2,4H,1,3H2;1-2H3. The topological polar surface area (TPSA) is 27.1 Å². The first-order valence-electron chi connectivity index (χ1n) is 4.16. The average molecular weight is 196 g/mol. The number of imidazole rings is 1. The Kier molecular flexibility index (Phi) is 3.19. The van der Waals surface area contributed by atoms with Crippen LogP contribution >= 0.6 is 12.2 Å². The lowest BCUT2D eigenvalue weighted by molar-refractivity contribution is 0.204. The van der Waals surface area contributed by atoms with Crippen LogP contribution in [-0.2, 0) is 11.3 Å². The number of hydrogen-bond donors (Lipinski definition) is 0. The molecule has 0 aliphatic carbocycles. The quantitative estimate of drug-likeness (QED) is 0.470. The molecule has 2 rings (SSSR count). The van der Waals surface area contributed by atoms with Crippen LogP contribution in [0.4, 0.5) is 0 Å². The van der Waals surface area contributed by atoms with Gasteiger partial charge in [-0.05, 0) is 0 Å². The minimum absolute atomic E-state index is 0.513. The molecule has 4 heteroatoms. The molecule has 2 heterocycles. The predicted molar refractivity (Wildman–Crippen MR) is 55.5 cm³/mol. The summed E-state index contributed by atoms with van der Waals surface area (Å²) in [5.41, 5.74) is 0.974. The number of thiocarbonyl (C=S) groups is 1. The Hall–Kier alpha value is -1.16. The van der Waals surface area contributed by atoms with E-state index in [0.717, 1.165) is 5.69 Å². The monoisotopic (exact) mass is 196 g/mol. The van der Waals surface area contributed by atoms with Crippen LogP contribution in [0.1, 0.15) is 19.5 Å². The first kappa shape index (κ1) is 9.92. The summed E-state index contributed by atoms with van der Waals surface area (Å²) in [5, 5.41) is 0. The van der Waals surface area contributed by atoms with Crippen LogP contribution in [0.3, 0.4) is 0 Å². The van der Waals surface area contributed by atoms with Crippen LogP contribution in [0.5, 0.6) is 0 Å². The second-order valence-electron chi connectivity index (χ2n) is 2.27. The molecule has 70 valence electrons. The van der Waals surface area contributed by atoms with Gasteiger partial charge in [-0.3, -0.25) is 4.57 Å². The molecule has 0 fully saturated rings. The Morgan fingerprint density at radius 2 is 2.31 bits per heavy atom. The van der Waals surface area contributed by atoms with E-state index in [2.05, 4.69) is 11.6 Å². The molecule has 1 aromatic rings. The van der Waals surface area contributed by atoms with E-state index in [1.807, 2.05) is 13.8 Å². The summed E-state index contributed by atoms with van der Waals surface area (Å²) in [6.45, 7) is 8.17. The number of rotatable bonds is 0. The van der Waals surface area contributed by atoms with E-state index in [9.17, 15) is 0 Å². The Balaban J connectivity index is 0.000000396. The number of allylic oxidation sites excluding steroid dienone is 1. The van der Waals surface area contributed by atoms with Gasteiger partial charge >= 0.3 is 0 Å². The van der Waals surface area contributed by atoms with Gasteiger partial charge in [-0.1, -0.05) is 32.6 Å². The summed E-state index contributed by atoms with van der Waals surface area (Å²) in [7, 11) is 0. The molecule has 0 unspecified atom stereocenters. The van der Waals surface area contributed by atoms with Crippen molar-refractivity contribution in [1.29, 1.82) is 0 Å². The maximum atomic E-state index is 5.18. The van der Waals surface area contributed by atoms with Crippen LogP contribution in [0, 0.1) is 0 Å². The maximum absolute atomic E-state index is 5.18. The van der Waals surface area contributed by atoms with Crippen LogP contribution in [0.15, 0.2) is 24.9 Å². The summed E-state index contributed by atoms with van der Waals surface area (Å²) >= 11 is 5.04. The number of hydrogen-bond acceptors (Lipinski definition) is 3. The fourth-order valence-electron chi connectivity index (χ4n) is 0.969. The average Bonchev–Trinajstić information content (AvgIpc) is 2.63. The van der Waals surface area contributed by atoms with E-state index in [1.165, 1.54) is 0 Å². The van der Waals surface area contributed by atoms with Crippen molar-refractivity contribution in [2.75, 3.05) is 0 Å². The Morgan fingerprint density at radius 3 is 3.00 bits per heavy atom. The van der Waals surface area contributed by atoms with E-state index in [-0.39, 0.29) is 0 Å². The Bertz CT molecular complexity index is 330. The largest absolute Gasteiger partial charge is 0.485 e. The highest BCUT2D eigenvalue weighted by molar-refractivity contribution is 7.80. The number of ether oxygens (including phenoxy) is 1. The SMILES string of the molecule is C=C1OCc2cncn2C1=S.CC. The molecule has 1 aliphatic rings. The highest BCUT2D eigenvalue weighted by Gasteiger charge is 2.16. The summed E-state index contributed by atoms with van der Waals surface area (Å²) in [6.07, 6.45) is 3.41. The summed E-state index contributed by atoms with van der Waals surface area (Å²) < 4.78 is 6.99. The van der Waals surface area contributed by atoms with Crippen molar-refractivity contribution in [3.8, 4) is 0 Å². The molecule has 0 spiro atoms. The van der Waals surface area contributed by atoms with Crippen LogP contribution < -0.4 is 0 Å². The van der Waals surface area contributed by atoms with E-state index >= 15 is 0 Å². The fraction of sp³-hybridized carbons (Fsp3) is 0.333. The third kappa shape index (κ3) is 1.78. The van der Waals surface area contributed by atoms with E-state index in [1.54, 1.807) is 17.1 Å². The van der Waals surface area contributed by atoms with E-state index < -0.39 is 0 Å². The first-order chi connectivity index (χ1) is 6.29. The lowest BCUT2D eigenvalue weighted by Crippen LogP contribution is -2.20. The maximum Gasteiger partial charge on any atom is 0.153 e. The first-order valence-corrected chi connectivity index (χ1v) is 4.57. The zero-order valence-electron chi connectivity index (χ0n) is 7.78. The molecule has 0 amide bonds. The van der Waals surface area contributed by atoms with Crippen LogP contribution in [0.2, 0.25) is 0 Å². The van der Waals surface area contributed by atoms with Gasteiger partial charge in [-0.2, -0.15) is 0 Å². The highest BCUT2D eigenvalue weighted by atomic mass is 32.1. The lowest BCUT2D eigenvalue weighted by atomic mass is 10.4. The molecule has 0 saturated heterocycles. The van der Waals surface area contributed by atoms with Gasteiger partial charge in [0.05, 0.1) is 11.9 Å². The van der Waals surface area contributed by atoms with Crippen molar-refractivity contribution in [3.63, 3.8) is 0 Å². The van der Waals surface area contributed by atoms with E-state index in [4.69, 9.17) is 17.0 Å². The zero-order chi connectivity index (χ0) is 9.84. The molecule has 0 radical (unpaired) electrons. The second kappa shape index (κ2) is 4.18. The third-order valence-corrected chi connectivity index (χ3v) is 1.99. The molecule has 1 aromatic heterocycles. The van der Waals surface area contributed by atoms with Gasteiger partial charge in [0.2, 0.25) is 0 Å². The summed E-state index contributed by atoms with van der Waals surface area (Å²) in [6, 6.07) is 0. The molecule has 0 saturated carbocycles. The van der Waals surface area contributed by atoms with Gasteiger partial charge in [-0.15, -0.1) is 0 Å². The lowest BCUT2D eigenvalue weighted by Gasteiger charge is -2.18. The predicted octanol–water partition coefficient (Wildman–Crippen LogP) is 2.13. The third-order valence-electron chi connectivity index (χ3n) is 1.57. The van der Waals surface area contributed by atoms with Crippen molar-refractivity contribution in [3.05, 3.63) is 30.6 Å². The molecule has 0 aromatic carbocycles. The number of fused-ring (bicyclic) bond motifs is 1. The van der Waals surface area contributed by atoms with Crippen molar-refractivity contribution < 1.29 is 4.74 Å². The molecule has 3 nitrogen and oxygen atoms in total. The van der Waals surface area contributed by atoms with Gasteiger partial charge < -0.3 is 4.74 Å². The van der Waals surface area contributed by atoms with E-state index in [0.29, 0.717) is 17.4 Å². The molecular formula is C9H12N2OS. The minimum Gasteiger partial charge on any atom is -0.485 e. The van der Waals surface area contributed by atoms with Gasteiger partial charge in [0, 0.05) is 0 Å². The van der Waals surface area contributed by atoms with Crippen molar-refractivity contribution in [2.24, 2.45) is 0 Å².